The van der Waals surface area contributed by atoms with Gasteiger partial charge in [0.1, 0.15) is 5.01 Å². The Morgan fingerprint density at radius 3 is 2.68 bits per heavy atom. The van der Waals surface area contributed by atoms with Gasteiger partial charge >= 0.3 is 0 Å². The summed E-state index contributed by atoms with van der Waals surface area (Å²) in [5.74, 6) is 0.0523. The van der Waals surface area contributed by atoms with Crippen molar-refractivity contribution in [1.82, 2.24) is 4.98 Å². The highest BCUT2D eigenvalue weighted by molar-refractivity contribution is 8.21. The van der Waals surface area contributed by atoms with Crippen LogP contribution in [0.15, 0.2) is 27.8 Å². The number of carbonyl (C=O) groups excluding carboxylic acids is 1. The van der Waals surface area contributed by atoms with Crippen LogP contribution in [0.2, 0.25) is 0 Å². The molecular weight excluding hydrogens is 314 g/mol. The molecule has 0 aliphatic carbocycles. The zero-order chi connectivity index (χ0) is 13.8. The first-order chi connectivity index (χ1) is 9.15. The van der Waals surface area contributed by atoms with E-state index in [4.69, 9.17) is 0 Å². The minimum absolute atomic E-state index is 0.0523. The lowest BCUT2D eigenvalue weighted by Gasteiger charge is -1.97. The van der Waals surface area contributed by atoms with Crippen LogP contribution in [0, 0.1) is 6.92 Å². The molecule has 0 amide bonds. The van der Waals surface area contributed by atoms with E-state index in [9.17, 15) is 4.79 Å². The van der Waals surface area contributed by atoms with Crippen LogP contribution in [-0.2, 0) is 0 Å². The normalized spacial score (nSPS) is 10.5. The number of rotatable bonds is 5. The van der Waals surface area contributed by atoms with Crippen molar-refractivity contribution in [3.8, 4) is 9.88 Å². The largest absolute Gasteiger partial charge is 0.288 e. The van der Waals surface area contributed by atoms with Crippen molar-refractivity contribution in [3.05, 3.63) is 38.4 Å². The summed E-state index contributed by atoms with van der Waals surface area (Å²) in [6, 6.07) is 4.03. The van der Waals surface area contributed by atoms with Crippen molar-refractivity contribution in [3.63, 3.8) is 0 Å². The predicted molar refractivity (Wildman–Crippen MR) is 89.6 cm³/mol. The van der Waals surface area contributed by atoms with Crippen LogP contribution in [-0.4, -0.2) is 23.3 Å². The number of thioether (sulfide) groups is 2. The molecule has 6 heteroatoms. The van der Waals surface area contributed by atoms with Gasteiger partial charge in [0.05, 0.1) is 15.4 Å². The van der Waals surface area contributed by atoms with E-state index in [2.05, 4.69) is 4.98 Å². The minimum atomic E-state index is 0.0523. The second kappa shape index (κ2) is 6.74. The van der Waals surface area contributed by atoms with Gasteiger partial charge in [-0.1, -0.05) is 6.07 Å². The van der Waals surface area contributed by atoms with Crippen LogP contribution < -0.4 is 0 Å². The van der Waals surface area contributed by atoms with Crippen LogP contribution in [0.4, 0.5) is 0 Å². The standard InChI is InChI=1S/C13H13NOS4/c1-8-12(9(15)7-11(16-2)17-3)19-13(14-8)10-5-4-6-18-10/h4-7H,1-3H3. The van der Waals surface area contributed by atoms with E-state index < -0.39 is 0 Å². The third-order valence-corrected chi connectivity index (χ3v) is 6.66. The second-order valence-electron chi connectivity index (χ2n) is 3.65. The molecule has 2 aromatic heterocycles. The van der Waals surface area contributed by atoms with Gasteiger partial charge in [-0.25, -0.2) is 4.98 Å². The lowest BCUT2D eigenvalue weighted by Crippen LogP contribution is -1.94. The fourth-order valence-corrected chi connectivity index (χ4v) is 4.39. The van der Waals surface area contributed by atoms with Gasteiger partial charge < -0.3 is 0 Å². The molecule has 19 heavy (non-hydrogen) atoms. The van der Waals surface area contributed by atoms with E-state index >= 15 is 0 Å². The molecule has 0 bridgehead atoms. The molecule has 0 aliphatic heterocycles. The third-order valence-electron chi connectivity index (χ3n) is 2.40. The Hall–Kier alpha value is -0.560. The first kappa shape index (κ1) is 14.8. The molecule has 2 nitrogen and oxygen atoms in total. The number of thiazole rings is 1. The summed E-state index contributed by atoms with van der Waals surface area (Å²) in [5, 5.41) is 2.95. The van der Waals surface area contributed by atoms with Gasteiger partial charge in [0.25, 0.3) is 0 Å². The van der Waals surface area contributed by atoms with Gasteiger partial charge in [-0.15, -0.1) is 46.2 Å². The van der Waals surface area contributed by atoms with Crippen molar-refractivity contribution in [2.45, 2.75) is 6.92 Å². The summed E-state index contributed by atoms with van der Waals surface area (Å²) in [6.07, 6.45) is 5.66. The Labute approximate surface area is 129 Å². The fourth-order valence-electron chi connectivity index (χ4n) is 1.50. The molecule has 0 aliphatic rings. The van der Waals surface area contributed by atoms with E-state index in [1.54, 1.807) is 40.9 Å². The zero-order valence-corrected chi connectivity index (χ0v) is 14.1. The fraction of sp³-hybridized carbons (Fsp3) is 0.231. The molecule has 0 fully saturated rings. The number of carbonyl (C=O) groups is 1. The summed E-state index contributed by atoms with van der Waals surface area (Å²) in [7, 11) is 0. The molecule has 2 rings (SSSR count). The van der Waals surface area contributed by atoms with Crippen LogP contribution in [0.3, 0.4) is 0 Å². The molecule has 0 saturated heterocycles. The van der Waals surface area contributed by atoms with Gasteiger partial charge in [-0.2, -0.15) is 0 Å². The molecule has 0 saturated carbocycles. The maximum Gasteiger partial charge on any atom is 0.199 e. The molecule has 0 spiro atoms. The second-order valence-corrected chi connectivity index (χ2v) is 7.55. The molecule has 0 aromatic carbocycles. The van der Waals surface area contributed by atoms with E-state index in [0.717, 1.165) is 24.7 Å². The van der Waals surface area contributed by atoms with Gasteiger partial charge in [-0.05, 0) is 30.9 Å². The maximum atomic E-state index is 12.2. The van der Waals surface area contributed by atoms with Crippen molar-refractivity contribution in [2.75, 3.05) is 12.5 Å². The number of hydrogen-bond donors (Lipinski definition) is 0. The van der Waals surface area contributed by atoms with Gasteiger partial charge in [0.15, 0.2) is 5.78 Å². The molecule has 100 valence electrons. The topological polar surface area (TPSA) is 30.0 Å². The van der Waals surface area contributed by atoms with Crippen molar-refractivity contribution in [1.29, 1.82) is 0 Å². The van der Waals surface area contributed by atoms with Crippen molar-refractivity contribution < 1.29 is 4.79 Å². The van der Waals surface area contributed by atoms with E-state index in [0.29, 0.717) is 0 Å². The average molecular weight is 328 g/mol. The summed E-state index contributed by atoms with van der Waals surface area (Å²) in [4.78, 5) is 18.6. The number of hydrogen-bond acceptors (Lipinski definition) is 6. The number of aromatic nitrogens is 1. The lowest BCUT2D eigenvalue weighted by atomic mass is 10.3. The number of aryl methyl sites for hydroxylation is 1. The summed E-state index contributed by atoms with van der Waals surface area (Å²) in [5.41, 5.74) is 0.816. The SMILES string of the molecule is CSC(=CC(=O)c1sc(-c2cccs2)nc1C)SC. The van der Waals surface area contributed by atoms with E-state index in [1.807, 2.05) is 36.9 Å². The van der Waals surface area contributed by atoms with Crippen molar-refractivity contribution >= 4 is 52.0 Å². The number of allylic oxidation sites excluding steroid dienone is 1. The van der Waals surface area contributed by atoms with Crippen LogP contribution in [0.25, 0.3) is 9.88 Å². The number of thiophene rings is 1. The Morgan fingerprint density at radius 1 is 1.37 bits per heavy atom. The molecular formula is C13H13NOS4. The quantitative estimate of drug-likeness (QED) is 0.575. The molecule has 0 N–H and O–H groups in total. The third kappa shape index (κ3) is 3.51. The van der Waals surface area contributed by atoms with E-state index in [-0.39, 0.29) is 5.78 Å². The first-order valence-corrected chi connectivity index (χ1v) is 9.65. The highest BCUT2D eigenvalue weighted by Crippen LogP contribution is 2.32. The Balaban J connectivity index is 2.31. The highest BCUT2D eigenvalue weighted by Gasteiger charge is 2.15. The molecule has 0 atom stereocenters. The van der Waals surface area contributed by atoms with Gasteiger partial charge in [0, 0.05) is 10.3 Å². The van der Waals surface area contributed by atoms with Crippen LogP contribution in [0.5, 0.6) is 0 Å². The van der Waals surface area contributed by atoms with E-state index in [1.165, 1.54) is 11.3 Å². The average Bonchev–Trinajstić information content (AvgIpc) is 3.04. The monoisotopic (exact) mass is 327 g/mol. The summed E-state index contributed by atoms with van der Waals surface area (Å²) in [6.45, 7) is 1.90. The lowest BCUT2D eigenvalue weighted by molar-refractivity contribution is 0.105. The molecule has 2 heterocycles. The van der Waals surface area contributed by atoms with Crippen molar-refractivity contribution in [2.24, 2.45) is 0 Å². The molecule has 0 unspecified atom stereocenters. The summed E-state index contributed by atoms with van der Waals surface area (Å²) < 4.78 is 1.02. The number of nitrogens with zero attached hydrogens (tertiary/aromatic N) is 1. The molecule has 2 aromatic rings. The van der Waals surface area contributed by atoms with Gasteiger partial charge in [0.2, 0.25) is 0 Å². The molecule has 0 radical (unpaired) electrons. The predicted octanol–water partition coefficient (Wildman–Crippen LogP) is 4.93. The Morgan fingerprint density at radius 2 is 2.11 bits per heavy atom. The number of ketones is 1. The first-order valence-electron chi connectivity index (χ1n) is 5.51. The zero-order valence-electron chi connectivity index (χ0n) is 10.8. The smallest absolute Gasteiger partial charge is 0.199 e. The summed E-state index contributed by atoms with van der Waals surface area (Å²) >= 11 is 6.31. The maximum absolute atomic E-state index is 12.2. The highest BCUT2D eigenvalue weighted by atomic mass is 32.2. The van der Waals surface area contributed by atoms with Gasteiger partial charge in [-0.3, -0.25) is 4.79 Å². The van der Waals surface area contributed by atoms with Crippen LogP contribution >= 0.6 is 46.2 Å². The minimum Gasteiger partial charge on any atom is -0.288 e. The van der Waals surface area contributed by atoms with Crippen LogP contribution in [0.1, 0.15) is 15.4 Å². The Kier molecular flexibility index (Phi) is 5.27. The Bertz CT molecular complexity index is 592.